The van der Waals surface area contributed by atoms with E-state index in [1.165, 1.54) is 12.1 Å². The normalized spacial score (nSPS) is 24.4. The highest BCUT2D eigenvalue weighted by molar-refractivity contribution is 5.79. The van der Waals surface area contributed by atoms with Gasteiger partial charge >= 0.3 is 0 Å². The van der Waals surface area contributed by atoms with E-state index in [4.69, 9.17) is 0 Å². The Morgan fingerprint density at radius 1 is 1.11 bits per heavy atom. The van der Waals surface area contributed by atoms with Crippen LogP contribution < -0.4 is 5.32 Å². The number of H-pyrrole nitrogens is 1. The molecule has 0 spiro atoms. The lowest BCUT2D eigenvalue weighted by atomic mass is 9.98. The lowest BCUT2D eigenvalue weighted by Gasteiger charge is -2.33. The minimum absolute atomic E-state index is 0.0873. The Kier molecular flexibility index (Phi) is 5.53. The SMILES string of the molecule is O=C1NCCCCCN(Cc2cn[nH]c2-c2ccc(F)cc2)[C@H]2CCC[C@@H]12. The zero-order chi connectivity index (χ0) is 18.6. The molecule has 4 rings (SSSR count). The molecule has 1 saturated carbocycles. The molecule has 6 heteroatoms. The fourth-order valence-electron chi connectivity index (χ4n) is 4.52. The average molecular weight is 370 g/mol. The number of carbonyl (C=O) groups is 1. The smallest absolute Gasteiger partial charge is 0.224 e. The first-order chi connectivity index (χ1) is 13.2. The van der Waals surface area contributed by atoms with Gasteiger partial charge in [0.1, 0.15) is 5.82 Å². The summed E-state index contributed by atoms with van der Waals surface area (Å²) in [5.41, 5.74) is 2.97. The van der Waals surface area contributed by atoms with E-state index >= 15 is 0 Å². The van der Waals surface area contributed by atoms with E-state index in [1.54, 1.807) is 12.1 Å². The summed E-state index contributed by atoms with van der Waals surface area (Å²) in [6, 6.07) is 6.79. The molecule has 144 valence electrons. The zero-order valence-electron chi connectivity index (χ0n) is 15.6. The summed E-state index contributed by atoms with van der Waals surface area (Å²) in [4.78, 5) is 15.1. The number of fused-ring (bicyclic) bond motifs is 1. The first-order valence-corrected chi connectivity index (χ1v) is 10.0. The lowest BCUT2D eigenvalue weighted by Crippen LogP contribution is -2.45. The first-order valence-electron chi connectivity index (χ1n) is 10.0. The van der Waals surface area contributed by atoms with Crippen molar-refractivity contribution in [3.05, 3.63) is 41.8 Å². The molecular weight excluding hydrogens is 343 g/mol. The average Bonchev–Trinajstić information content (AvgIpc) is 3.33. The maximum Gasteiger partial charge on any atom is 0.224 e. The number of carbonyl (C=O) groups excluding carboxylic acids is 1. The Morgan fingerprint density at radius 3 is 2.81 bits per heavy atom. The van der Waals surface area contributed by atoms with Crippen LogP contribution in [0.15, 0.2) is 30.5 Å². The van der Waals surface area contributed by atoms with Crippen LogP contribution in [0.4, 0.5) is 4.39 Å². The van der Waals surface area contributed by atoms with E-state index in [0.29, 0.717) is 6.04 Å². The largest absolute Gasteiger partial charge is 0.356 e. The van der Waals surface area contributed by atoms with Crippen LogP contribution in [-0.4, -0.2) is 40.1 Å². The van der Waals surface area contributed by atoms with Gasteiger partial charge in [-0.15, -0.1) is 0 Å². The Hall–Kier alpha value is -2.21. The highest BCUT2D eigenvalue weighted by atomic mass is 19.1. The molecule has 1 aromatic heterocycles. The quantitative estimate of drug-likeness (QED) is 0.869. The maximum absolute atomic E-state index is 13.3. The van der Waals surface area contributed by atoms with Crippen molar-refractivity contribution >= 4 is 5.91 Å². The number of nitrogens with zero attached hydrogens (tertiary/aromatic N) is 2. The zero-order valence-corrected chi connectivity index (χ0v) is 15.6. The van der Waals surface area contributed by atoms with Gasteiger partial charge in [0.2, 0.25) is 5.91 Å². The number of rotatable bonds is 3. The predicted molar refractivity (Wildman–Crippen MR) is 102 cm³/mol. The summed E-state index contributed by atoms with van der Waals surface area (Å²) in [5, 5.41) is 10.4. The van der Waals surface area contributed by atoms with Gasteiger partial charge in [0.25, 0.3) is 0 Å². The molecule has 5 nitrogen and oxygen atoms in total. The highest BCUT2D eigenvalue weighted by Crippen LogP contribution is 2.33. The van der Waals surface area contributed by atoms with Crippen LogP contribution in [0.25, 0.3) is 11.3 Å². The summed E-state index contributed by atoms with van der Waals surface area (Å²) in [6.07, 6.45) is 8.33. The van der Waals surface area contributed by atoms with Crippen molar-refractivity contribution in [2.45, 2.75) is 51.1 Å². The van der Waals surface area contributed by atoms with Crippen molar-refractivity contribution in [3.8, 4) is 11.3 Å². The predicted octanol–water partition coefficient (Wildman–Crippen LogP) is 3.49. The van der Waals surface area contributed by atoms with Crippen LogP contribution >= 0.6 is 0 Å². The molecule has 2 fully saturated rings. The number of hydrogen-bond donors (Lipinski definition) is 2. The van der Waals surface area contributed by atoms with E-state index in [2.05, 4.69) is 20.4 Å². The van der Waals surface area contributed by atoms with Gasteiger partial charge in [-0.1, -0.05) is 12.8 Å². The standard InChI is InChI=1S/C21H27FN4O/c22-17-9-7-15(8-10-17)20-16(13-24-25-20)14-26-12-3-1-2-11-23-21(27)18-5-4-6-19(18)26/h7-10,13,18-19H,1-6,11-12,14H2,(H,23,27)(H,24,25)/t18-,19+/m1/s1. The lowest BCUT2D eigenvalue weighted by molar-refractivity contribution is -0.126. The molecular formula is C21H27FN4O. The molecule has 1 amide bonds. The van der Waals surface area contributed by atoms with Gasteiger partial charge in [0.15, 0.2) is 0 Å². The Balaban J connectivity index is 1.57. The van der Waals surface area contributed by atoms with Gasteiger partial charge in [-0.25, -0.2) is 4.39 Å². The highest BCUT2D eigenvalue weighted by Gasteiger charge is 2.37. The van der Waals surface area contributed by atoms with Gasteiger partial charge in [0.05, 0.1) is 17.8 Å². The summed E-state index contributed by atoms with van der Waals surface area (Å²) in [7, 11) is 0. The number of aromatic amines is 1. The maximum atomic E-state index is 13.3. The molecule has 1 saturated heterocycles. The van der Waals surface area contributed by atoms with Crippen LogP contribution in [0, 0.1) is 11.7 Å². The molecule has 2 N–H and O–H groups in total. The van der Waals surface area contributed by atoms with Crippen LogP contribution in [0.5, 0.6) is 0 Å². The van der Waals surface area contributed by atoms with E-state index in [0.717, 1.165) is 75.0 Å². The molecule has 1 aliphatic heterocycles. The summed E-state index contributed by atoms with van der Waals surface area (Å²) in [6.45, 7) is 2.57. The van der Waals surface area contributed by atoms with Gasteiger partial charge in [-0.05, 0) is 56.5 Å². The molecule has 1 aromatic carbocycles. The topological polar surface area (TPSA) is 61.0 Å². The van der Waals surface area contributed by atoms with Crippen molar-refractivity contribution in [2.24, 2.45) is 5.92 Å². The van der Waals surface area contributed by atoms with Crippen LogP contribution in [0.3, 0.4) is 0 Å². The third-order valence-corrected chi connectivity index (χ3v) is 5.93. The molecule has 2 heterocycles. The second-order valence-corrected chi connectivity index (χ2v) is 7.70. The fourth-order valence-corrected chi connectivity index (χ4v) is 4.52. The molecule has 2 atom stereocenters. The number of nitrogens with one attached hydrogen (secondary N) is 2. The molecule has 2 aliphatic rings. The number of hydrogen-bond acceptors (Lipinski definition) is 3. The van der Waals surface area contributed by atoms with Gasteiger partial charge in [0, 0.05) is 30.3 Å². The van der Waals surface area contributed by atoms with Crippen LogP contribution in [0.1, 0.15) is 44.1 Å². The van der Waals surface area contributed by atoms with E-state index in [-0.39, 0.29) is 17.6 Å². The second-order valence-electron chi connectivity index (χ2n) is 7.70. The molecule has 0 unspecified atom stereocenters. The molecule has 1 aliphatic carbocycles. The molecule has 0 radical (unpaired) electrons. The van der Waals surface area contributed by atoms with Crippen molar-refractivity contribution in [3.63, 3.8) is 0 Å². The molecule has 2 aromatic rings. The van der Waals surface area contributed by atoms with Crippen molar-refractivity contribution in [1.82, 2.24) is 20.4 Å². The fraction of sp³-hybridized carbons (Fsp3) is 0.524. The third kappa shape index (κ3) is 4.05. The number of amides is 1. The van der Waals surface area contributed by atoms with Gasteiger partial charge < -0.3 is 5.32 Å². The minimum atomic E-state index is -0.240. The van der Waals surface area contributed by atoms with Crippen LogP contribution in [0.2, 0.25) is 0 Å². The summed E-state index contributed by atoms with van der Waals surface area (Å²) in [5.74, 6) is 0.0651. The minimum Gasteiger partial charge on any atom is -0.356 e. The summed E-state index contributed by atoms with van der Waals surface area (Å²) < 4.78 is 13.3. The van der Waals surface area contributed by atoms with Gasteiger partial charge in [-0.2, -0.15) is 5.10 Å². The van der Waals surface area contributed by atoms with Gasteiger partial charge in [-0.3, -0.25) is 14.8 Å². The van der Waals surface area contributed by atoms with E-state index < -0.39 is 0 Å². The van der Waals surface area contributed by atoms with Crippen molar-refractivity contribution < 1.29 is 9.18 Å². The third-order valence-electron chi connectivity index (χ3n) is 5.93. The van der Waals surface area contributed by atoms with E-state index in [1.807, 2.05) is 6.20 Å². The second kappa shape index (κ2) is 8.21. The Bertz CT molecular complexity index is 773. The molecule has 0 bridgehead atoms. The Morgan fingerprint density at radius 2 is 1.96 bits per heavy atom. The van der Waals surface area contributed by atoms with E-state index in [9.17, 15) is 9.18 Å². The number of aromatic nitrogens is 2. The van der Waals surface area contributed by atoms with Crippen molar-refractivity contribution in [2.75, 3.05) is 13.1 Å². The molecule has 27 heavy (non-hydrogen) atoms. The Labute approximate surface area is 159 Å². The first kappa shape index (κ1) is 18.2. The monoisotopic (exact) mass is 370 g/mol. The summed E-state index contributed by atoms with van der Waals surface area (Å²) >= 11 is 0. The van der Waals surface area contributed by atoms with Crippen LogP contribution in [-0.2, 0) is 11.3 Å². The number of halogens is 1. The van der Waals surface area contributed by atoms with Crippen molar-refractivity contribution in [1.29, 1.82) is 0 Å². The number of benzene rings is 1.